The number of hydrogen-bond acceptors (Lipinski definition) is 5. The van der Waals surface area contributed by atoms with Crippen LogP contribution in [-0.2, 0) is 14.8 Å². The summed E-state index contributed by atoms with van der Waals surface area (Å²) in [7, 11) is -3.61. The lowest BCUT2D eigenvalue weighted by molar-refractivity contribution is 0.0513. The molecule has 1 aromatic carbocycles. The van der Waals surface area contributed by atoms with Crippen molar-refractivity contribution in [1.82, 2.24) is 10.2 Å². The fourth-order valence-electron chi connectivity index (χ4n) is 3.28. The third-order valence-electron chi connectivity index (χ3n) is 4.37. The molecule has 2 aliphatic rings. The zero-order chi connectivity index (χ0) is 18.9. The highest BCUT2D eigenvalue weighted by Gasteiger charge is 2.33. The Morgan fingerprint density at radius 2 is 2.08 bits per heavy atom. The Balaban J connectivity index is 1.66. The molecule has 1 saturated heterocycles. The summed E-state index contributed by atoms with van der Waals surface area (Å²) in [6, 6.07) is 6.91. The Bertz CT molecular complexity index is 827. The van der Waals surface area contributed by atoms with Gasteiger partial charge in [0.1, 0.15) is 10.5 Å². The third-order valence-corrected chi connectivity index (χ3v) is 5.69. The van der Waals surface area contributed by atoms with Gasteiger partial charge in [0.2, 0.25) is 0 Å². The van der Waals surface area contributed by atoms with Crippen LogP contribution in [0.2, 0.25) is 0 Å². The molecule has 8 heteroatoms. The van der Waals surface area contributed by atoms with E-state index in [0.29, 0.717) is 24.5 Å². The first-order chi connectivity index (χ1) is 12.2. The van der Waals surface area contributed by atoms with Crippen molar-refractivity contribution < 1.29 is 17.9 Å². The van der Waals surface area contributed by atoms with E-state index in [1.54, 1.807) is 18.2 Å². The van der Waals surface area contributed by atoms with Crippen molar-refractivity contribution in [3.8, 4) is 0 Å². The third kappa shape index (κ3) is 4.17. The minimum Gasteiger partial charge on any atom is -0.444 e. The SMILES string of the molecule is CC(C)(C)OC(=O)NC[C@H]1CCCN(C2=NS(=O)(=O)c3ccccc32)C1. The van der Waals surface area contributed by atoms with E-state index in [2.05, 4.69) is 9.71 Å². The van der Waals surface area contributed by atoms with Crippen molar-refractivity contribution in [2.45, 2.75) is 44.1 Å². The number of alkyl carbamates (subject to hydrolysis) is 1. The Labute approximate surface area is 154 Å². The predicted octanol–water partition coefficient (Wildman–Crippen LogP) is 2.37. The van der Waals surface area contributed by atoms with Gasteiger partial charge >= 0.3 is 6.09 Å². The van der Waals surface area contributed by atoms with Gasteiger partial charge in [0.15, 0.2) is 5.84 Å². The maximum absolute atomic E-state index is 12.2. The minimum atomic E-state index is -3.61. The van der Waals surface area contributed by atoms with Gasteiger partial charge in [-0.15, -0.1) is 4.40 Å². The van der Waals surface area contributed by atoms with Crippen LogP contribution < -0.4 is 5.32 Å². The molecule has 26 heavy (non-hydrogen) atoms. The summed E-state index contributed by atoms with van der Waals surface area (Å²) in [5.74, 6) is 0.733. The molecule has 7 nitrogen and oxygen atoms in total. The molecule has 2 heterocycles. The van der Waals surface area contributed by atoms with E-state index in [1.807, 2.05) is 31.7 Å². The van der Waals surface area contributed by atoms with Gasteiger partial charge in [-0.3, -0.25) is 0 Å². The second-order valence-corrected chi connectivity index (χ2v) is 9.30. The number of hydrogen-bond donors (Lipinski definition) is 1. The van der Waals surface area contributed by atoms with E-state index >= 15 is 0 Å². The standard InChI is InChI=1S/C18H25N3O4S/c1-18(2,3)25-17(22)19-11-13-7-6-10-21(12-13)16-14-8-4-5-9-15(14)26(23,24)20-16/h4-5,8-9,13H,6-7,10-12H2,1-3H3,(H,19,22)/t13-/m1/s1. The summed E-state index contributed by atoms with van der Waals surface area (Å²) in [5, 5.41) is 2.81. The summed E-state index contributed by atoms with van der Waals surface area (Å²) in [4.78, 5) is 14.1. The quantitative estimate of drug-likeness (QED) is 0.852. The molecule has 0 unspecified atom stereocenters. The molecule has 0 saturated carbocycles. The molecule has 0 radical (unpaired) electrons. The van der Waals surface area contributed by atoms with Crippen molar-refractivity contribution in [2.24, 2.45) is 10.3 Å². The van der Waals surface area contributed by atoms with Crippen molar-refractivity contribution in [3.05, 3.63) is 29.8 Å². The highest BCUT2D eigenvalue weighted by Crippen LogP contribution is 2.29. The van der Waals surface area contributed by atoms with Crippen LogP contribution in [0.15, 0.2) is 33.6 Å². The van der Waals surface area contributed by atoms with Crippen LogP contribution in [0.25, 0.3) is 0 Å². The molecular weight excluding hydrogens is 354 g/mol. The monoisotopic (exact) mass is 379 g/mol. The van der Waals surface area contributed by atoms with Gasteiger partial charge in [0, 0.05) is 25.2 Å². The van der Waals surface area contributed by atoms with E-state index in [1.165, 1.54) is 0 Å². The molecule has 1 N–H and O–H groups in total. The normalized spacial score (nSPS) is 21.7. The van der Waals surface area contributed by atoms with Gasteiger partial charge in [-0.2, -0.15) is 8.42 Å². The molecule has 1 fully saturated rings. The van der Waals surface area contributed by atoms with Gasteiger partial charge in [-0.05, 0) is 51.7 Å². The topological polar surface area (TPSA) is 88.1 Å². The minimum absolute atomic E-state index is 0.217. The van der Waals surface area contributed by atoms with E-state index in [9.17, 15) is 13.2 Å². The number of nitrogens with zero attached hydrogens (tertiary/aromatic N) is 2. The lowest BCUT2D eigenvalue weighted by atomic mass is 9.97. The fraction of sp³-hybridized carbons (Fsp3) is 0.556. The molecule has 0 aliphatic carbocycles. The van der Waals surface area contributed by atoms with Crippen LogP contribution in [0.1, 0.15) is 39.2 Å². The van der Waals surface area contributed by atoms with Crippen LogP contribution in [0, 0.1) is 5.92 Å². The summed E-state index contributed by atoms with van der Waals surface area (Å²) in [5.41, 5.74) is 0.132. The average molecular weight is 379 g/mol. The first kappa shape index (κ1) is 18.7. The fourth-order valence-corrected chi connectivity index (χ4v) is 4.51. The maximum Gasteiger partial charge on any atom is 0.407 e. The lowest BCUT2D eigenvalue weighted by Crippen LogP contribution is -2.44. The summed E-state index contributed by atoms with van der Waals surface area (Å²) in [6.45, 7) is 7.37. The van der Waals surface area contributed by atoms with E-state index in [4.69, 9.17) is 4.74 Å². The first-order valence-corrected chi connectivity index (χ1v) is 10.3. The molecule has 0 spiro atoms. The molecule has 1 aromatic rings. The number of piperidine rings is 1. The van der Waals surface area contributed by atoms with Crippen LogP contribution in [0.5, 0.6) is 0 Å². The number of carbonyl (C=O) groups excluding carboxylic acids is 1. The van der Waals surface area contributed by atoms with E-state index in [0.717, 1.165) is 19.4 Å². The van der Waals surface area contributed by atoms with Crippen molar-refractivity contribution in [1.29, 1.82) is 0 Å². The molecular formula is C18H25N3O4S. The molecule has 0 aromatic heterocycles. The summed E-state index contributed by atoms with van der Waals surface area (Å²) >= 11 is 0. The molecule has 3 rings (SSSR count). The van der Waals surface area contributed by atoms with Gasteiger partial charge in [0.25, 0.3) is 10.0 Å². The lowest BCUT2D eigenvalue weighted by Gasteiger charge is -2.34. The summed E-state index contributed by atoms with van der Waals surface area (Å²) in [6.07, 6.45) is 1.45. The van der Waals surface area contributed by atoms with Crippen LogP contribution >= 0.6 is 0 Å². The molecule has 2 aliphatic heterocycles. The zero-order valence-electron chi connectivity index (χ0n) is 15.4. The van der Waals surface area contributed by atoms with E-state index < -0.39 is 21.7 Å². The zero-order valence-corrected chi connectivity index (χ0v) is 16.2. The number of benzene rings is 1. The molecule has 142 valence electrons. The highest BCUT2D eigenvalue weighted by molar-refractivity contribution is 7.90. The number of nitrogens with one attached hydrogen (secondary N) is 1. The number of sulfonamides is 1. The largest absolute Gasteiger partial charge is 0.444 e. The Hall–Kier alpha value is -2.09. The number of ether oxygens (including phenoxy) is 1. The van der Waals surface area contributed by atoms with Crippen LogP contribution in [-0.4, -0.2) is 50.5 Å². The van der Waals surface area contributed by atoms with Crippen LogP contribution in [0.4, 0.5) is 4.79 Å². The number of rotatable bonds is 2. The molecule has 1 atom stereocenters. The number of fused-ring (bicyclic) bond motifs is 1. The highest BCUT2D eigenvalue weighted by atomic mass is 32.2. The Morgan fingerprint density at radius 1 is 1.35 bits per heavy atom. The number of amides is 1. The van der Waals surface area contributed by atoms with E-state index in [-0.39, 0.29) is 10.8 Å². The maximum atomic E-state index is 12.2. The van der Waals surface area contributed by atoms with Gasteiger partial charge in [-0.25, -0.2) is 4.79 Å². The molecule has 0 bridgehead atoms. The Kier molecular flexibility index (Phi) is 4.96. The summed E-state index contributed by atoms with van der Waals surface area (Å²) < 4.78 is 33.8. The molecule has 1 amide bonds. The van der Waals surface area contributed by atoms with Crippen molar-refractivity contribution in [3.63, 3.8) is 0 Å². The number of amidine groups is 1. The second-order valence-electron chi connectivity index (χ2n) is 7.72. The van der Waals surface area contributed by atoms with Gasteiger partial charge in [0.05, 0.1) is 0 Å². The van der Waals surface area contributed by atoms with Crippen molar-refractivity contribution in [2.75, 3.05) is 19.6 Å². The van der Waals surface area contributed by atoms with Gasteiger partial charge < -0.3 is 15.0 Å². The number of likely N-dealkylation sites (tertiary alicyclic amines) is 1. The first-order valence-electron chi connectivity index (χ1n) is 8.82. The average Bonchev–Trinajstić information content (AvgIpc) is 2.84. The Morgan fingerprint density at radius 3 is 2.81 bits per heavy atom. The second kappa shape index (κ2) is 6.90. The van der Waals surface area contributed by atoms with Crippen LogP contribution in [0.3, 0.4) is 0 Å². The predicted molar refractivity (Wildman–Crippen MR) is 98.7 cm³/mol. The van der Waals surface area contributed by atoms with Crippen molar-refractivity contribution >= 4 is 22.0 Å². The number of carbonyl (C=O) groups is 1. The van der Waals surface area contributed by atoms with Gasteiger partial charge in [-0.1, -0.05) is 12.1 Å². The smallest absolute Gasteiger partial charge is 0.407 e.